The van der Waals surface area contributed by atoms with Crippen LogP contribution in [0, 0.1) is 0 Å². The number of hydroxylamine groups is 2. The second-order valence-electron chi connectivity index (χ2n) is 8.08. The second kappa shape index (κ2) is 5.94. The molecule has 5 heteroatoms. The maximum atomic E-state index is 12.8. The third-order valence-corrected chi connectivity index (χ3v) is 5.75. The van der Waals surface area contributed by atoms with E-state index in [2.05, 4.69) is 0 Å². The number of phenols is 1. The lowest BCUT2D eigenvalue weighted by atomic mass is 9.89. The maximum Gasteiger partial charge on any atom is 0.197 e. The van der Waals surface area contributed by atoms with Crippen molar-refractivity contribution in [1.29, 1.82) is 0 Å². The van der Waals surface area contributed by atoms with Gasteiger partial charge in [0.2, 0.25) is 0 Å². The van der Waals surface area contributed by atoms with Crippen LogP contribution in [-0.2, 0) is 10.7 Å². The maximum absolute atomic E-state index is 12.8. The number of hydrogen-bond acceptors (Lipinski definition) is 4. The van der Waals surface area contributed by atoms with E-state index in [1.807, 2.05) is 45.0 Å². The molecule has 5 nitrogen and oxygen atoms in total. The van der Waals surface area contributed by atoms with E-state index in [9.17, 15) is 15.1 Å². The highest BCUT2D eigenvalue weighted by Gasteiger charge is 2.49. The van der Waals surface area contributed by atoms with Gasteiger partial charge in [-0.2, -0.15) is 0 Å². The van der Waals surface area contributed by atoms with Crippen LogP contribution in [0.3, 0.4) is 0 Å². The average Bonchev–Trinajstić information content (AvgIpc) is 2.86. The Morgan fingerprint density at radius 2 is 1.74 bits per heavy atom. The Labute approximate surface area is 157 Å². The molecule has 1 N–H and O–H groups in total. The van der Waals surface area contributed by atoms with Crippen molar-refractivity contribution >= 4 is 11.0 Å². The van der Waals surface area contributed by atoms with Crippen molar-refractivity contribution in [3.8, 4) is 17.1 Å². The van der Waals surface area contributed by atoms with Crippen molar-refractivity contribution in [3.05, 3.63) is 64.3 Å². The minimum Gasteiger partial charge on any atom is -0.507 e. The molecule has 0 spiro atoms. The molecule has 1 saturated heterocycles. The van der Waals surface area contributed by atoms with E-state index in [1.165, 1.54) is 17.2 Å². The first kappa shape index (κ1) is 17.8. The number of benzene rings is 2. The Morgan fingerprint density at radius 1 is 1.04 bits per heavy atom. The lowest BCUT2D eigenvalue weighted by molar-refractivity contribution is -0.252. The molecule has 3 aromatic rings. The summed E-state index contributed by atoms with van der Waals surface area (Å²) in [6.07, 6.45) is 1.64. The highest BCUT2D eigenvalue weighted by atomic mass is 16.5. The zero-order valence-electron chi connectivity index (χ0n) is 15.7. The molecule has 1 aliphatic rings. The molecule has 1 aromatic heterocycles. The zero-order chi connectivity index (χ0) is 19.4. The van der Waals surface area contributed by atoms with Gasteiger partial charge >= 0.3 is 0 Å². The summed E-state index contributed by atoms with van der Waals surface area (Å²) in [6.45, 7) is 5.92. The highest BCUT2D eigenvalue weighted by molar-refractivity contribution is 5.84. The fourth-order valence-electron chi connectivity index (χ4n) is 4.01. The minimum absolute atomic E-state index is 0.0875. The van der Waals surface area contributed by atoms with Crippen molar-refractivity contribution in [1.82, 2.24) is 5.06 Å². The molecule has 0 amide bonds. The van der Waals surface area contributed by atoms with Crippen molar-refractivity contribution < 1.29 is 14.7 Å². The topological polar surface area (TPSA) is 73.6 Å². The fourth-order valence-corrected chi connectivity index (χ4v) is 4.01. The largest absolute Gasteiger partial charge is 0.507 e. The first-order valence-corrected chi connectivity index (χ1v) is 9.07. The van der Waals surface area contributed by atoms with E-state index in [0.29, 0.717) is 11.3 Å². The molecule has 27 heavy (non-hydrogen) atoms. The quantitative estimate of drug-likeness (QED) is 0.721. The smallest absolute Gasteiger partial charge is 0.197 e. The molecule has 139 valence electrons. The van der Waals surface area contributed by atoms with Crippen LogP contribution >= 0.6 is 0 Å². The summed E-state index contributed by atoms with van der Waals surface area (Å²) < 4.78 is 5.82. The van der Waals surface area contributed by atoms with Crippen LogP contribution in [0.1, 0.15) is 39.2 Å². The van der Waals surface area contributed by atoms with Gasteiger partial charge in [-0.1, -0.05) is 30.3 Å². The standard InChI is InChI=1S/C22H22NO4/c1-21(2)11-12-22(3,23(21)26)15-9-7-14(8-10-15)19-13-17(25)20-16(24)5-4-6-18(20)27-19/h4-10,13,24H,11-12H2,1-3H3. The Balaban J connectivity index is 1.73. The highest BCUT2D eigenvalue weighted by Crippen LogP contribution is 2.46. The number of phenolic OH excluding ortho intramolecular Hbond substituents is 1. The minimum atomic E-state index is -0.557. The molecule has 0 aliphatic carbocycles. The van der Waals surface area contributed by atoms with Gasteiger partial charge in [0.05, 0.1) is 5.54 Å². The third-order valence-electron chi connectivity index (χ3n) is 5.75. The first-order chi connectivity index (χ1) is 12.7. The van der Waals surface area contributed by atoms with Gasteiger partial charge in [-0.25, -0.2) is 0 Å². The third kappa shape index (κ3) is 2.74. The van der Waals surface area contributed by atoms with Crippen LogP contribution in [0.15, 0.2) is 57.7 Å². The average molecular weight is 364 g/mol. The van der Waals surface area contributed by atoms with E-state index < -0.39 is 5.54 Å². The van der Waals surface area contributed by atoms with Crippen molar-refractivity contribution in [2.24, 2.45) is 0 Å². The normalized spacial score (nSPS) is 22.4. The van der Waals surface area contributed by atoms with Gasteiger partial charge in [0, 0.05) is 17.2 Å². The van der Waals surface area contributed by atoms with Gasteiger partial charge in [-0.15, -0.1) is 10.3 Å². The Hall–Kier alpha value is -2.63. The van der Waals surface area contributed by atoms with E-state index in [0.717, 1.165) is 24.0 Å². The molecule has 1 fully saturated rings. The van der Waals surface area contributed by atoms with Gasteiger partial charge in [0.25, 0.3) is 0 Å². The summed E-state index contributed by atoms with van der Waals surface area (Å²) in [5, 5.41) is 24.0. The number of aromatic hydroxyl groups is 1. The van der Waals surface area contributed by atoms with E-state index >= 15 is 0 Å². The molecule has 2 aromatic carbocycles. The van der Waals surface area contributed by atoms with E-state index in [-0.39, 0.29) is 22.1 Å². The summed E-state index contributed by atoms with van der Waals surface area (Å²) in [5.41, 5.74) is 0.825. The Kier molecular flexibility index (Phi) is 3.91. The number of hydrogen-bond donors (Lipinski definition) is 1. The molecule has 1 radical (unpaired) electrons. The molecule has 4 rings (SSSR count). The molecule has 1 atom stereocenters. The second-order valence-corrected chi connectivity index (χ2v) is 8.08. The van der Waals surface area contributed by atoms with Gasteiger partial charge in [-0.05, 0) is 51.3 Å². The molecule has 1 aliphatic heterocycles. The van der Waals surface area contributed by atoms with Crippen LogP contribution < -0.4 is 5.43 Å². The molecular weight excluding hydrogens is 342 g/mol. The Morgan fingerprint density at radius 3 is 2.37 bits per heavy atom. The SMILES string of the molecule is CC1(C)CCC(C)(c2ccc(-c3cc(=O)c4c(O)cccc4o3)cc2)N1[O]. The monoisotopic (exact) mass is 364 g/mol. The van der Waals surface area contributed by atoms with Gasteiger partial charge < -0.3 is 9.52 Å². The van der Waals surface area contributed by atoms with Crippen LogP contribution in [0.5, 0.6) is 5.75 Å². The first-order valence-electron chi connectivity index (χ1n) is 9.07. The molecule has 2 heterocycles. The number of fused-ring (bicyclic) bond motifs is 1. The van der Waals surface area contributed by atoms with Gasteiger partial charge in [-0.3, -0.25) is 4.79 Å². The summed E-state index contributed by atoms with van der Waals surface area (Å²) in [4.78, 5) is 12.4. The fraction of sp³-hybridized carbons (Fsp3) is 0.318. The van der Waals surface area contributed by atoms with Crippen molar-refractivity contribution in [2.75, 3.05) is 0 Å². The molecular formula is C22H22NO4. The summed E-state index contributed by atoms with van der Waals surface area (Å²) >= 11 is 0. The van der Waals surface area contributed by atoms with Gasteiger partial charge in [0.15, 0.2) is 5.43 Å². The predicted molar refractivity (Wildman–Crippen MR) is 103 cm³/mol. The van der Waals surface area contributed by atoms with Crippen molar-refractivity contribution in [2.45, 2.75) is 44.7 Å². The lowest BCUT2D eigenvalue weighted by Crippen LogP contribution is -2.44. The van der Waals surface area contributed by atoms with E-state index in [1.54, 1.807) is 12.1 Å². The van der Waals surface area contributed by atoms with Gasteiger partial charge in [0.1, 0.15) is 22.5 Å². The summed E-state index contributed by atoms with van der Waals surface area (Å²) in [7, 11) is 0. The lowest BCUT2D eigenvalue weighted by Gasteiger charge is -2.35. The van der Waals surface area contributed by atoms with Crippen LogP contribution in [0.4, 0.5) is 0 Å². The van der Waals surface area contributed by atoms with Crippen LogP contribution in [0.25, 0.3) is 22.3 Å². The van der Waals surface area contributed by atoms with Crippen molar-refractivity contribution in [3.63, 3.8) is 0 Å². The molecule has 0 bridgehead atoms. The molecule has 0 saturated carbocycles. The predicted octanol–water partition coefficient (Wildman–Crippen LogP) is 4.60. The van der Waals surface area contributed by atoms with Crippen LogP contribution in [0.2, 0.25) is 0 Å². The number of nitrogens with zero attached hydrogens (tertiary/aromatic N) is 1. The molecule has 1 unspecified atom stereocenters. The Bertz CT molecular complexity index is 1070. The zero-order valence-corrected chi connectivity index (χ0v) is 15.7. The van der Waals surface area contributed by atoms with Crippen LogP contribution in [-0.4, -0.2) is 15.7 Å². The number of rotatable bonds is 2. The summed E-state index contributed by atoms with van der Waals surface area (Å²) in [5.74, 6) is 0.344. The summed E-state index contributed by atoms with van der Waals surface area (Å²) in [6, 6.07) is 13.7. The van der Waals surface area contributed by atoms with E-state index in [4.69, 9.17) is 4.42 Å².